The fourth-order valence-corrected chi connectivity index (χ4v) is 4.96. The van der Waals surface area contributed by atoms with Crippen LogP contribution in [0.1, 0.15) is 47.2 Å². The summed E-state index contributed by atoms with van der Waals surface area (Å²) in [5.74, 6) is 1.82. The zero-order chi connectivity index (χ0) is 23.5. The van der Waals surface area contributed by atoms with Crippen molar-refractivity contribution in [1.29, 1.82) is 0 Å². The van der Waals surface area contributed by atoms with Crippen LogP contribution in [-0.2, 0) is 11.3 Å². The van der Waals surface area contributed by atoms with Crippen LogP contribution in [0, 0.1) is 6.92 Å². The van der Waals surface area contributed by atoms with Crippen molar-refractivity contribution in [3.05, 3.63) is 65.2 Å². The molecule has 1 amide bonds. The first-order chi connectivity index (χ1) is 16.6. The fraction of sp³-hybridized carbons (Fsp3) is 0.429. The van der Waals surface area contributed by atoms with Crippen molar-refractivity contribution in [2.45, 2.75) is 45.3 Å². The van der Waals surface area contributed by atoms with Gasteiger partial charge in [-0.2, -0.15) is 0 Å². The summed E-state index contributed by atoms with van der Waals surface area (Å²) in [4.78, 5) is 23.0. The quantitative estimate of drug-likeness (QED) is 0.499. The van der Waals surface area contributed by atoms with Gasteiger partial charge in [-0.05, 0) is 62.9 Å². The van der Waals surface area contributed by atoms with Crippen LogP contribution in [0.4, 0.5) is 5.82 Å². The van der Waals surface area contributed by atoms with Crippen LogP contribution >= 0.6 is 0 Å². The van der Waals surface area contributed by atoms with E-state index in [1.807, 2.05) is 54.3 Å². The molecule has 2 aliphatic heterocycles. The minimum Gasteiger partial charge on any atom is -0.497 e. The number of aryl methyl sites for hydroxylation is 1. The number of anilines is 1. The summed E-state index contributed by atoms with van der Waals surface area (Å²) in [6, 6.07) is 16.0. The highest BCUT2D eigenvalue weighted by Gasteiger charge is 2.26. The number of pyridine rings is 1. The van der Waals surface area contributed by atoms with E-state index in [1.165, 1.54) is 12.8 Å². The first-order valence-corrected chi connectivity index (χ1v) is 12.3. The van der Waals surface area contributed by atoms with Gasteiger partial charge in [0.15, 0.2) is 0 Å². The molecule has 2 aliphatic rings. The molecule has 1 atom stereocenters. The molecule has 0 bridgehead atoms. The Hall–Kier alpha value is -3.12. The highest BCUT2D eigenvalue weighted by atomic mass is 16.5. The number of hydrogen-bond acceptors (Lipinski definition) is 5. The van der Waals surface area contributed by atoms with Gasteiger partial charge in [0, 0.05) is 55.4 Å². The summed E-state index contributed by atoms with van der Waals surface area (Å²) >= 11 is 0. The van der Waals surface area contributed by atoms with E-state index in [0.717, 1.165) is 66.1 Å². The summed E-state index contributed by atoms with van der Waals surface area (Å²) in [6.07, 6.45) is 4.46. The maximum absolute atomic E-state index is 13.6. The van der Waals surface area contributed by atoms with E-state index in [9.17, 15) is 4.79 Å². The molecule has 2 fully saturated rings. The topological polar surface area (TPSA) is 54.9 Å². The molecule has 0 aliphatic carbocycles. The van der Waals surface area contributed by atoms with E-state index in [0.29, 0.717) is 18.7 Å². The van der Waals surface area contributed by atoms with Crippen molar-refractivity contribution >= 4 is 22.6 Å². The molecule has 5 rings (SSSR count). The predicted molar refractivity (Wildman–Crippen MR) is 135 cm³/mol. The third kappa shape index (κ3) is 4.87. The molecule has 1 aromatic heterocycles. The standard InChI is InChI=1S/C28H33N3O3/c1-20-7-9-21(10-8-20)28(32)31(19-25-6-5-15-34-25)18-23-16-22-11-12-24(33-2)17-26(22)29-27(23)30-13-3-4-14-30/h7-12,16-17,25H,3-6,13-15,18-19H2,1-2H3. The normalized spacial score (nSPS) is 17.9. The second-order valence-corrected chi connectivity index (χ2v) is 9.41. The number of hydrogen-bond donors (Lipinski definition) is 0. The van der Waals surface area contributed by atoms with Gasteiger partial charge < -0.3 is 19.3 Å². The molecule has 178 valence electrons. The van der Waals surface area contributed by atoms with E-state index < -0.39 is 0 Å². The number of rotatable bonds is 7. The van der Waals surface area contributed by atoms with Crippen molar-refractivity contribution in [2.75, 3.05) is 38.3 Å². The largest absolute Gasteiger partial charge is 0.497 e. The van der Waals surface area contributed by atoms with Crippen molar-refractivity contribution in [3.8, 4) is 5.75 Å². The number of nitrogens with zero attached hydrogens (tertiary/aromatic N) is 3. The summed E-state index contributed by atoms with van der Waals surface area (Å²) in [5.41, 5.74) is 3.86. The van der Waals surface area contributed by atoms with Crippen LogP contribution in [0.2, 0.25) is 0 Å². The van der Waals surface area contributed by atoms with Crippen LogP contribution < -0.4 is 9.64 Å². The Bertz CT molecular complexity index is 1150. The van der Waals surface area contributed by atoms with Gasteiger partial charge in [0.2, 0.25) is 0 Å². The molecule has 34 heavy (non-hydrogen) atoms. The summed E-state index contributed by atoms with van der Waals surface area (Å²) < 4.78 is 11.3. The maximum Gasteiger partial charge on any atom is 0.254 e. The number of carbonyl (C=O) groups is 1. The van der Waals surface area contributed by atoms with Crippen molar-refractivity contribution in [2.24, 2.45) is 0 Å². The Labute approximate surface area is 201 Å². The van der Waals surface area contributed by atoms with Gasteiger partial charge >= 0.3 is 0 Å². The van der Waals surface area contributed by atoms with E-state index in [2.05, 4.69) is 11.0 Å². The van der Waals surface area contributed by atoms with Crippen molar-refractivity contribution in [1.82, 2.24) is 9.88 Å². The molecule has 6 heteroatoms. The van der Waals surface area contributed by atoms with Gasteiger partial charge in [-0.3, -0.25) is 4.79 Å². The molecule has 0 N–H and O–H groups in total. The van der Waals surface area contributed by atoms with Gasteiger partial charge in [0.05, 0.1) is 18.7 Å². The highest BCUT2D eigenvalue weighted by molar-refractivity contribution is 5.94. The summed E-state index contributed by atoms with van der Waals surface area (Å²) in [7, 11) is 1.68. The second-order valence-electron chi connectivity index (χ2n) is 9.41. The number of methoxy groups -OCH3 is 1. The summed E-state index contributed by atoms with van der Waals surface area (Å²) in [6.45, 7) is 5.90. The molecule has 3 aromatic rings. The lowest BCUT2D eigenvalue weighted by atomic mass is 10.1. The zero-order valence-electron chi connectivity index (χ0n) is 20.1. The van der Waals surface area contributed by atoms with E-state index in [1.54, 1.807) is 7.11 Å². The average molecular weight is 460 g/mol. The van der Waals surface area contributed by atoms with Crippen LogP contribution in [0.3, 0.4) is 0 Å². The van der Waals surface area contributed by atoms with Gasteiger partial charge in [-0.15, -0.1) is 0 Å². The van der Waals surface area contributed by atoms with Gasteiger partial charge in [-0.1, -0.05) is 17.7 Å². The Morgan fingerprint density at radius 3 is 2.62 bits per heavy atom. The predicted octanol–water partition coefficient (Wildman–Crippen LogP) is 4.97. The molecular formula is C28H33N3O3. The van der Waals surface area contributed by atoms with Crippen molar-refractivity contribution in [3.63, 3.8) is 0 Å². The van der Waals surface area contributed by atoms with Crippen LogP contribution in [0.15, 0.2) is 48.5 Å². The minimum atomic E-state index is 0.0395. The highest BCUT2D eigenvalue weighted by Crippen LogP contribution is 2.30. The molecule has 6 nitrogen and oxygen atoms in total. The van der Waals surface area contributed by atoms with Crippen molar-refractivity contribution < 1.29 is 14.3 Å². The Kier molecular flexibility index (Phi) is 6.68. The number of ether oxygens (including phenoxy) is 2. The van der Waals surface area contributed by atoms with Crippen LogP contribution in [0.5, 0.6) is 5.75 Å². The molecule has 2 saturated heterocycles. The zero-order valence-corrected chi connectivity index (χ0v) is 20.1. The number of carbonyl (C=O) groups excluding carboxylic acids is 1. The van der Waals surface area contributed by atoms with Gasteiger partial charge in [0.1, 0.15) is 11.6 Å². The molecule has 0 spiro atoms. The molecule has 2 aromatic carbocycles. The maximum atomic E-state index is 13.6. The average Bonchev–Trinajstić information content (AvgIpc) is 3.57. The summed E-state index contributed by atoms with van der Waals surface area (Å²) in [5, 5.41) is 1.05. The van der Waals surface area contributed by atoms with E-state index >= 15 is 0 Å². The number of benzene rings is 2. The lowest BCUT2D eigenvalue weighted by Crippen LogP contribution is -2.37. The van der Waals surface area contributed by atoms with E-state index in [-0.39, 0.29) is 12.0 Å². The number of amides is 1. The molecule has 0 radical (unpaired) electrons. The second kappa shape index (κ2) is 10.0. The third-order valence-corrected chi connectivity index (χ3v) is 6.88. The molecule has 1 unspecified atom stereocenters. The Morgan fingerprint density at radius 2 is 1.91 bits per heavy atom. The SMILES string of the molecule is COc1ccc2cc(CN(CC3CCCO3)C(=O)c3ccc(C)cc3)c(N3CCCC3)nc2c1. The molecular weight excluding hydrogens is 426 g/mol. The van der Waals surface area contributed by atoms with Gasteiger partial charge in [-0.25, -0.2) is 4.98 Å². The monoisotopic (exact) mass is 459 g/mol. The minimum absolute atomic E-state index is 0.0395. The first kappa shape index (κ1) is 22.7. The van der Waals surface area contributed by atoms with Gasteiger partial charge in [0.25, 0.3) is 5.91 Å². The Balaban J connectivity index is 1.52. The number of fused-ring (bicyclic) bond motifs is 1. The fourth-order valence-electron chi connectivity index (χ4n) is 4.96. The Morgan fingerprint density at radius 1 is 1.12 bits per heavy atom. The van der Waals surface area contributed by atoms with E-state index in [4.69, 9.17) is 14.5 Å². The van der Waals surface area contributed by atoms with Crippen LogP contribution in [-0.4, -0.2) is 55.2 Å². The molecule has 0 saturated carbocycles. The smallest absolute Gasteiger partial charge is 0.254 e. The third-order valence-electron chi connectivity index (χ3n) is 6.88. The lowest BCUT2D eigenvalue weighted by molar-refractivity contribution is 0.0507. The lowest BCUT2D eigenvalue weighted by Gasteiger charge is -2.28. The number of aromatic nitrogens is 1. The molecule has 3 heterocycles. The van der Waals surface area contributed by atoms with Crippen LogP contribution in [0.25, 0.3) is 10.9 Å². The first-order valence-electron chi connectivity index (χ1n) is 12.3.